The van der Waals surface area contributed by atoms with Crippen molar-refractivity contribution in [1.82, 2.24) is 0 Å². The van der Waals surface area contributed by atoms with Gasteiger partial charge < -0.3 is 110 Å². The van der Waals surface area contributed by atoms with E-state index in [1.54, 1.807) is 0 Å². The fourth-order valence-corrected chi connectivity index (χ4v) is 5.84. The van der Waals surface area contributed by atoms with E-state index in [-0.39, 0.29) is 13.2 Å². The molecule has 15 N–H and O–H groups in total. The fourth-order valence-electron chi connectivity index (χ4n) is 5.84. The van der Waals surface area contributed by atoms with E-state index < -0.39 is 149 Å². The van der Waals surface area contributed by atoms with E-state index in [1.807, 2.05) is 0 Å². The van der Waals surface area contributed by atoms with Crippen LogP contribution in [0.2, 0.25) is 0 Å². The predicted octanol–water partition coefficient (Wildman–Crippen LogP) is -9.67. The van der Waals surface area contributed by atoms with E-state index in [2.05, 4.69) is 0 Å². The average molecular weight is 724 g/mol. The highest BCUT2D eigenvalue weighted by atomic mass is 16.8. The molecule has 0 aliphatic carbocycles. The highest BCUT2D eigenvalue weighted by Crippen LogP contribution is 2.34. The average Bonchev–Trinajstić information content (AvgIpc) is 3.08. The molecule has 4 aliphatic heterocycles. The minimum Gasteiger partial charge on any atom is -0.479 e. The minimum atomic E-state index is -2.09. The molecule has 0 aromatic rings. The molecule has 49 heavy (non-hydrogen) atoms. The first-order chi connectivity index (χ1) is 23.2. The molecule has 0 aromatic carbocycles. The molecule has 20 atom stereocenters. The number of aliphatic carboxylic acids is 1. The van der Waals surface area contributed by atoms with Gasteiger partial charge in [-0.05, 0) is 0 Å². The molecule has 4 heterocycles. The van der Waals surface area contributed by atoms with E-state index in [0.29, 0.717) is 0 Å². The first-order valence-electron chi connectivity index (χ1n) is 15.3. The lowest BCUT2D eigenvalue weighted by Crippen LogP contribution is -2.67. The molecular formula is C26H45NO22. The van der Waals surface area contributed by atoms with Crippen molar-refractivity contribution in [3.63, 3.8) is 0 Å². The van der Waals surface area contributed by atoms with Gasteiger partial charge in [0.15, 0.2) is 31.3 Å². The third-order valence-corrected chi connectivity index (χ3v) is 8.55. The predicted molar refractivity (Wildman–Crippen MR) is 147 cm³/mol. The maximum atomic E-state index is 11.4. The summed E-state index contributed by atoms with van der Waals surface area (Å²) >= 11 is 0. The number of aliphatic hydroxyl groups is 12. The van der Waals surface area contributed by atoms with Crippen LogP contribution in [0.3, 0.4) is 0 Å². The first-order valence-corrected chi connectivity index (χ1v) is 15.3. The van der Waals surface area contributed by atoms with Crippen molar-refractivity contribution in [2.75, 3.05) is 33.0 Å². The third kappa shape index (κ3) is 8.48. The Morgan fingerprint density at radius 3 is 1.22 bits per heavy atom. The molecule has 23 heteroatoms. The first kappa shape index (κ1) is 40.4. The monoisotopic (exact) mass is 723 g/mol. The van der Waals surface area contributed by atoms with Crippen LogP contribution in [0.4, 0.5) is 0 Å². The van der Waals surface area contributed by atoms with Crippen LogP contribution in [0.15, 0.2) is 0 Å². The van der Waals surface area contributed by atoms with E-state index in [1.165, 1.54) is 0 Å². The van der Waals surface area contributed by atoms with Gasteiger partial charge >= 0.3 is 5.97 Å². The number of carbonyl (C=O) groups is 1. The van der Waals surface area contributed by atoms with Crippen LogP contribution >= 0.6 is 0 Å². The summed E-state index contributed by atoms with van der Waals surface area (Å²) in [5, 5.41) is 134. The van der Waals surface area contributed by atoms with Gasteiger partial charge in [0.05, 0.1) is 26.4 Å². The number of aliphatic hydroxyl groups excluding tert-OH is 12. The zero-order valence-corrected chi connectivity index (χ0v) is 25.6. The minimum absolute atomic E-state index is 0.0559. The summed E-state index contributed by atoms with van der Waals surface area (Å²) < 4.78 is 43.3. The van der Waals surface area contributed by atoms with Gasteiger partial charge in [0.2, 0.25) is 0 Å². The summed E-state index contributed by atoms with van der Waals surface area (Å²) in [5.41, 5.74) is 5.37. The third-order valence-electron chi connectivity index (χ3n) is 8.55. The number of hydrogen-bond donors (Lipinski definition) is 14. The number of hydrogen-bond acceptors (Lipinski definition) is 22. The Balaban J connectivity index is 1.43. The van der Waals surface area contributed by atoms with Crippen LogP contribution in [-0.2, 0) is 42.7 Å². The lowest BCUT2D eigenvalue weighted by molar-refractivity contribution is -0.387. The van der Waals surface area contributed by atoms with Crippen LogP contribution in [0.5, 0.6) is 0 Å². The molecule has 4 fully saturated rings. The van der Waals surface area contributed by atoms with E-state index in [9.17, 15) is 71.2 Å². The second kappa shape index (κ2) is 17.4. The lowest BCUT2D eigenvalue weighted by atomic mass is 9.95. The molecule has 4 rings (SSSR count). The largest absolute Gasteiger partial charge is 0.479 e. The number of rotatable bonds is 13. The Hall–Kier alpha value is -1.37. The summed E-state index contributed by atoms with van der Waals surface area (Å²) in [4.78, 5) is 11.4. The topological polar surface area (TPSA) is 380 Å². The Labute approximate surface area is 277 Å². The van der Waals surface area contributed by atoms with Crippen molar-refractivity contribution in [2.45, 2.75) is 123 Å². The molecule has 0 aromatic heterocycles. The normalized spacial score (nSPS) is 49.5. The van der Waals surface area contributed by atoms with Gasteiger partial charge in [-0.25, -0.2) is 4.79 Å². The Morgan fingerprint density at radius 2 is 0.857 bits per heavy atom. The zero-order chi connectivity index (χ0) is 36.3. The van der Waals surface area contributed by atoms with Crippen molar-refractivity contribution in [3.8, 4) is 0 Å². The van der Waals surface area contributed by atoms with Crippen molar-refractivity contribution in [3.05, 3.63) is 0 Å². The Morgan fingerprint density at radius 1 is 0.510 bits per heavy atom. The van der Waals surface area contributed by atoms with Crippen LogP contribution in [-0.4, -0.2) is 228 Å². The van der Waals surface area contributed by atoms with Crippen LogP contribution < -0.4 is 5.73 Å². The van der Waals surface area contributed by atoms with Gasteiger partial charge in [-0.1, -0.05) is 0 Å². The molecule has 4 aliphatic rings. The molecule has 0 amide bonds. The van der Waals surface area contributed by atoms with Crippen LogP contribution in [0.25, 0.3) is 0 Å². The van der Waals surface area contributed by atoms with E-state index in [4.69, 9.17) is 43.6 Å². The maximum Gasteiger partial charge on any atom is 0.335 e. The Kier molecular flexibility index (Phi) is 14.4. The summed E-state index contributed by atoms with van der Waals surface area (Å²) in [6.07, 6.45) is -36.7. The molecule has 9 unspecified atom stereocenters. The summed E-state index contributed by atoms with van der Waals surface area (Å²) in [6.45, 7) is -2.65. The van der Waals surface area contributed by atoms with Crippen LogP contribution in [0.1, 0.15) is 0 Å². The fraction of sp³-hybridized carbons (Fsp3) is 0.962. The number of nitrogens with two attached hydrogens (primary N) is 1. The summed E-state index contributed by atoms with van der Waals surface area (Å²) in [6, 6.07) is 0. The highest BCUT2D eigenvalue weighted by Gasteiger charge is 2.55. The zero-order valence-electron chi connectivity index (χ0n) is 25.6. The molecule has 0 spiro atoms. The standard InChI is InChI=1S/C26H45NO22/c27-1-2-42-23-15(37)11(33)18(6(3-28)43-23)46-24-16(38)12(34)19(7(4-29)44-24)47-25-17(39)13(35)20(8(5-30)45-25)48-26-14(36)9(31)10(32)21(49-26)22(40)41/h6-21,23-26,28-39H,1-5,27H2,(H,40,41)/t6?,7?,8?,9?,10-,11?,12+,13?,14-,15?,16?,17-,18-,19+,20+,21?,23-,24+,25-,26+/m0/s1. The molecule has 286 valence electrons. The number of carboxylic acids is 1. The highest BCUT2D eigenvalue weighted by molar-refractivity contribution is 5.73. The van der Waals surface area contributed by atoms with E-state index in [0.717, 1.165) is 0 Å². The number of carboxylic acid groups (broad SMARTS) is 1. The van der Waals surface area contributed by atoms with Gasteiger partial charge in [0.25, 0.3) is 0 Å². The van der Waals surface area contributed by atoms with Crippen molar-refractivity contribution >= 4 is 5.97 Å². The quantitative estimate of drug-likeness (QED) is 0.0838. The molecule has 0 bridgehead atoms. The molecular weight excluding hydrogens is 678 g/mol. The smallest absolute Gasteiger partial charge is 0.335 e. The van der Waals surface area contributed by atoms with E-state index >= 15 is 0 Å². The van der Waals surface area contributed by atoms with Crippen LogP contribution in [0, 0.1) is 0 Å². The van der Waals surface area contributed by atoms with Gasteiger partial charge in [0, 0.05) is 6.54 Å². The van der Waals surface area contributed by atoms with Crippen molar-refractivity contribution in [1.29, 1.82) is 0 Å². The van der Waals surface area contributed by atoms with Crippen molar-refractivity contribution in [2.24, 2.45) is 5.73 Å². The molecule has 0 radical (unpaired) electrons. The second-order valence-electron chi connectivity index (χ2n) is 11.8. The molecule has 4 saturated heterocycles. The number of ether oxygens (including phenoxy) is 8. The van der Waals surface area contributed by atoms with Gasteiger partial charge in [-0.15, -0.1) is 0 Å². The van der Waals surface area contributed by atoms with Gasteiger partial charge in [-0.3, -0.25) is 0 Å². The maximum absolute atomic E-state index is 11.4. The summed E-state index contributed by atoms with van der Waals surface area (Å²) in [5.74, 6) is -1.73. The molecule has 23 nitrogen and oxygen atoms in total. The van der Waals surface area contributed by atoms with Gasteiger partial charge in [0.1, 0.15) is 91.6 Å². The molecule has 0 saturated carbocycles. The Bertz CT molecular complexity index is 1040. The lowest BCUT2D eigenvalue weighted by Gasteiger charge is -2.49. The second-order valence-corrected chi connectivity index (χ2v) is 11.8. The summed E-state index contributed by atoms with van der Waals surface area (Å²) in [7, 11) is 0. The SMILES string of the molecule is NCCO[C@H]1OC(CO)[C@H](O[C@H]2OC(CO)[C@@H](O[C@@H]3OC(CO)[C@@H](O[C@@H]4OC(C(=O)O)[C@@H](O)C(O)[C@@H]4O)C(O)[C@@H]3O)[C@H](O)C2O)C(O)C1O. The van der Waals surface area contributed by atoms with Gasteiger partial charge in [-0.2, -0.15) is 0 Å². The van der Waals surface area contributed by atoms with Crippen molar-refractivity contribution < 1.29 is 109 Å².